The first kappa shape index (κ1) is 18.5. The molecule has 1 atom stereocenters. The number of carbonyl (C=O) groups excluding carboxylic acids is 2. The number of fused-ring (bicyclic) bond motifs is 1. The molecule has 1 fully saturated rings. The van der Waals surface area contributed by atoms with Gasteiger partial charge >= 0.3 is 5.97 Å². The van der Waals surface area contributed by atoms with Crippen LogP contribution >= 0.6 is 0 Å². The van der Waals surface area contributed by atoms with Crippen molar-refractivity contribution in [1.82, 2.24) is 4.98 Å². The first-order valence-electron chi connectivity index (χ1n) is 9.80. The standard InChI is InChI=1S/C22H25N3O3/c1-3-28-21(27)22(2)11-13-24(15-22)19-9-8-17(14-23-19)20(26)25-12-10-16-6-4-5-7-18(16)25/h4-9,14H,3,10-13,15H2,1-2H3. The SMILES string of the molecule is CCOC(=O)C1(C)CCN(c2ccc(C(=O)N3CCc4ccccc43)cn2)C1. The van der Waals surface area contributed by atoms with E-state index in [2.05, 4.69) is 16.0 Å². The van der Waals surface area contributed by atoms with Crippen LogP contribution in [0.3, 0.4) is 0 Å². The number of carbonyl (C=O) groups is 2. The zero-order valence-corrected chi connectivity index (χ0v) is 16.4. The molecule has 1 saturated heterocycles. The molecule has 0 saturated carbocycles. The van der Waals surface area contributed by atoms with Crippen molar-refractivity contribution < 1.29 is 14.3 Å². The first-order chi connectivity index (χ1) is 13.5. The van der Waals surface area contributed by atoms with E-state index < -0.39 is 5.41 Å². The fourth-order valence-corrected chi connectivity index (χ4v) is 4.03. The lowest BCUT2D eigenvalue weighted by Gasteiger charge is -2.23. The highest BCUT2D eigenvalue weighted by Gasteiger charge is 2.42. The van der Waals surface area contributed by atoms with Crippen molar-refractivity contribution in [3.05, 3.63) is 53.7 Å². The van der Waals surface area contributed by atoms with Crippen LogP contribution in [0.2, 0.25) is 0 Å². The molecule has 1 unspecified atom stereocenters. The number of rotatable bonds is 4. The number of benzene rings is 1. The molecule has 6 nitrogen and oxygen atoms in total. The summed E-state index contributed by atoms with van der Waals surface area (Å²) >= 11 is 0. The predicted octanol–water partition coefficient (Wildman–Crippen LogP) is 3.06. The Morgan fingerprint density at radius 2 is 2.00 bits per heavy atom. The predicted molar refractivity (Wildman–Crippen MR) is 108 cm³/mol. The second-order valence-corrected chi connectivity index (χ2v) is 7.69. The van der Waals surface area contributed by atoms with Crippen molar-refractivity contribution in [2.45, 2.75) is 26.7 Å². The largest absolute Gasteiger partial charge is 0.466 e. The molecule has 28 heavy (non-hydrogen) atoms. The topological polar surface area (TPSA) is 62.7 Å². The Morgan fingerprint density at radius 3 is 2.75 bits per heavy atom. The van der Waals surface area contributed by atoms with E-state index >= 15 is 0 Å². The molecule has 2 aliphatic rings. The van der Waals surface area contributed by atoms with Gasteiger partial charge in [0.15, 0.2) is 0 Å². The molecule has 0 spiro atoms. The van der Waals surface area contributed by atoms with Gasteiger partial charge in [-0.1, -0.05) is 18.2 Å². The second kappa shape index (κ2) is 7.26. The molecule has 0 N–H and O–H groups in total. The van der Waals surface area contributed by atoms with Gasteiger partial charge in [0.1, 0.15) is 5.82 Å². The van der Waals surface area contributed by atoms with Crippen molar-refractivity contribution in [1.29, 1.82) is 0 Å². The minimum Gasteiger partial charge on any atom is -0.466 e. The molecule has 0 bridgehead atoms. The van der Waals surface area contributed by atoms with Gasteiger partial charge in [0.25, 0.3) is 5.91 Å². The Bertz CT molecular complexity index is 896. The maximum atomic E-state index is 12.9. The lowest BCUT2D eigenvalue weighted by atomic mass is 9.90. The second-order valence-electron chi connectivity index (χ2n) is 7.69. The van der Waals surface area contributed by atoms with Crippen LogP contribution in [-0.2, 0) is 16.0 Å². The Balaban J connectivity index is 1.46. The average molecular weight is 379 g/mol. The lowest BCUT2D eigenvalue weighted by molar-refractivity contribution is -0.153. The number of hydrogen-bond donors (Lipinski definition) is 0. The van der Waals surface area contributed by atoms with Crippen molar-refractivity contribution >= 4 is 23.4 Å². The van der Waals surface area contributed by atoms with Crippen LogP contribution < -0.4 is 9.80 Å². The van der Waals surface area contributed by atoms with Crippen LogP contribution in [0.1, 0.15) is 36.2 Å². The van der Waals surface area contributed by atoms with Gasteiger partial charge in [0.2, 0.25) is 0 Å². The molecule has 6 heteroatoms. The van der Waals surface area contributed by atoms with Crippen LogP contribution in [0, 0.1) is 5.41 Å². The zero-order chi connectivity index (χ0) is 19.7. The average Bonchev–Trinajstić information content (AvgIpc) is 3.33. The van der Waals surface area contributed by atoms with Gasteiger partial charge in [-0.05, 0) is 50.5 Å². The third-order valence-corrected chi connectivity index (χ3v) is 5.69. The normalized spacial score (nSPS) is 20.9. The van der Waals surface area contributed by atoms with Gasteiger partial charge < -0.3 is 14.5 Å². The summed E-state index contributed by atoms with van der Waals surface area (Å²) in [5, 5.41) is 0. The summed E-state index contributed by atoms with van der Waals surface area (Å²) < 4.78 is 5.21. The van der Waals surface area contributed by atoms with Crippen LogP contribution in [0.4, 0.5) is 11.5 Å². The van der Waals surface area contributed by atoms with Crippen molar-refractivity contribution in [3.63, 3.8) is 0 Å². The molecule has 146 valence electrons. The molecule has 0 radical (unpaired) electrons. The fraction of sp³-hybridized carbons (Fsp3) is 0.409. The molecule has 2 aliphatic heterocycles. The van der Waals surface area contributed by atoms with Crippen molar-refractivity contribution in [2.24, 2.45) is 5.41 Å². The molecule has 0 aliphatic carbocycles. The Morgan fingerprint density at radius 1 is 1.18 bits per heavy atom. The number of esters is 1. The highest BCUT2D eigenvalue weighted by molar-refractivity contribution is 6.07. The number of nitrogens with zero attached hydrogens (tertiary/aromatic N) is 3. The van der Waals surface area contributed by atoms with Crippen LogP contribution in [-0.4, -0.2) is 43.1 Å². The third-order valence-electron chi connectivity index (χ3n) is 5.69. The van der Waals surface area contributed by atoms with E-state index in [9.17, 15) is 9.59 Å². The smallest absolute Gasteiger partial charge is 0.313 e. The summed E-state index contributed by atoms with van der Waals surface area (Å²) in [6, 6.07) is 11.7. The van der Waals surface area contributed by atoms with E-state index in [4.69, 9.17) is 4.74 Å². The van der Waals surface area contributed by atoms with Crippen LogP contribution in [0.25, 0.3) is 0 Å². The molecular formula is C22H25N3O3. The van der Waals surface area contributed by atoms with E-state index in [1.54, 1.807) is 6.20 Å². The maximum absolute atomic E-state index is 12.9. The number of amides is 1. The summed E-state index contributed by atoms with van der Waals surface area (Å²) in [6.45, 7) is 6.17. The lowest BCUT2D eigenvalue weighted by Crippen LogP contribution is -2.34. The zero-order valence-electron chi connectivity index (χ0n) is 16.4. The minimum atomic E-state index is -0.508. The first-order valence-corrected chi connectivity index (χ1v) is 9.80. The van der Waals surface area contributed by atoms with Gasteiger partial charge in [-0.3, -0.25) is 9.59 Å². The fourth-order valence-electron chi connectivity index (χ4n) is 4.03. The summed E-state index contributed by atoms with van der Waals surface area (Å²) in [5.41, 5.74) is 2.26. The van der Waals surface area contributed by atoms with Crippen molar-refractivity contribution in [3.8, 4) is 0 Å². The number of para-hydroxylation sites is 1. The van der Waals surface area contributed by atoms with Gasteiger partial charge in [-0.15, -0.1) is 0 Å². The molecule has 3 heterocycles. The Hall–Kier alpha value is -2.89. The van der Waals surface area contributed by atoms with Crippen molar-refractivity contribution in [2.75, 3.05) is 36.0 Å². The van der Waals surface area contributed by atoms with Gasteiger partial charge in [0, 0.05) is 31.5 Å². The number of pyridine rings is 1. The molecule has 1 aromatic carbocycles. The van der Waals surface area contributed by atoms with Gasteiger partial charge in [-0.25, -0.2) is 4.98 Å². The number of ether oxygens (including phenoxy) is 1. The van der Waals surface area contributed by atoms with Crippen LogP contribution in [0.5, 0.6) is 0 Å². The monoisotopic (exact) mass is 379 g/mol. The Labute approximate surface area is 165 Å². The molecular weight excluding hydrogens is 354 g/mol. The highest BCUT2D eigenvalue weighted by Crippen LogP contribution is 2.34. The quantitative estimate of drug-likeness (QED) is 0.764. The Kier molecular flexibility index (Phi) is 4.79. The van der Waals surface area contributed by atoms with E-state index in [1.807, 2.05) is 49.1 Å². The van der Waals surface area contributed by atoms with E-state index in [-0.39, 0.29) is 11.9 Å². The van der Waals surface area contributed by atoms with E-state index in [1.165, 1.54) is 5.56 Å². The number of anilines is 2. The van der Waals surface area contributed by atoms with Gasteiger partial charge in [0.05, 0.1) is 17.6 Å². The van der Waals surface area contributed by atoms with E-state index in [0.29, 0.717) is 25.3 Å². The molecule has 2 aromatic rings. The maximum Gasteiger partial charge on any atom is 0.313 e. The molecule has 4 rings (SSSR count). The molecule has 1 amide bonds. The van der Waals surface area contributed by atoms with Gasteiger partial charge in [-0.2, -0.15) is 0 Å². The minimum absolute atomic E-state index is 0.0261. The van der Waals surface area contributed by atoms with Crippen LogP contribution in [0.15, 0.2) is 42.6 Å². The summed E-state index contributed by atoms with van der Waals surface area (Å²) in [6.07, 6.45) is 3.25. The summed E-state index contributed by atoms with van der Waals surface area (Å²) in [4.78, 5) is 33.5. The highest BCUT2D eigenvalue weighted by atomic mass is 16.5. The summed E-state index contributed by atoms with van der Waals surface area (Å²) in [7, 11) is 0. The summed E-state index contributed by atoms with van der Waals surface area (Å²) in [5.74, 6) is 0.602. The third kappa shape index (κ3) is 3.23. The van der Waals surface area contributed by atoms with E-state index in [0.717, 1.165) is 30.9 Å². The number of aromatic nitrogens is 1. The molecule has 1 aromatic heterocycles. The number of hydrogen-bond acceptors (Lipinski definition) is 5.